The van der Waals surface area contributed by atoms with Crippen molar-refractivity contribution >= 4 is 11.6 Å². The molecule has 0 bridgehead atoms. The number of hydrogen-bond acceptors (Lipinski definition) is 3. The maximum atomic E-state index is 5.55. The number of hydrogen-bond donors (Lipinski definition) is 1. The molecule has 0 spiro atoms. The Balaban J connectivity index is 1.59. The molecule has 2 aromatic rings. The highest BCUT2D eigenvalue weighted by Gasteiger charge is 2.24. The lowest BCUT2D eigenvalue weighted by Crippen LogP contribution is -2.39. The van der Waals surface area contributed by atoms with Gasteiger partial charge in [-0.3, -0.25) is 4.99 Å². The minimum absolute atomic E-state index is 0.598. The summed E-state index contributed by atoms with van der Waals surface area (Å²) < 4.78 is 7.67. The van der Waals surface area contributed by atoms with Crippen LogP contribution in [0.25, 0.3) is 5.65 Å². The summed E-state index contributed by atoms with van der Waals surface area (Å²) in [5, 5.41) is 3.44. The molecule has 130 valence electrons. The first kappa shape index (κ1) is 16.8. The molecule has 0 aromatic carbocycles. The molecule has 1 aliphatic heterocycles. The van der Waals surface area contributed by atoms with Gasteiger partial charge in [-0.1, -0.05) is 6.07 Å². The van der Waals surface area contributed by atoms with E-state index in [4.69, 9.17) is 4.74 Å². The fraction of sp³-hybridized carbons (Fsp3) is 0.556. The van der Waals surface area contributed by atoms with E-state index < -0.39 is 0 Å². The van der Waals surface area contributed by atoms with Crippen LogP contribution in [0.4, 0.5) is 0 Å². The van der Waals surface area contributed by atoms with E-state index in [0.29, 0.717) is 12.5 Å². The molecule has 6 heteroatoms. The SMILES string of the molecule is CCOCC1CCN(C(=NC)NCc2cn3c(C)cccc3n2)C1. The predicted molar refractivity (Wildman–Crippen MR) is 96.3 cm³/mol. The lowest BCUT2D eigenvalue weighted by Gasteiger charge is -2.21. The van der Waals surface area contributed by atoms with E-state index in [1.807, 2.05) is 26.1 Å². The molecule has 3 rings (SSSR count). The molecule has 1 unspecified atom stereocenters. The van der Waals surface area contributed by atoms with Crippen LogP contribution in [0.2, 0.25) is 0 Å². The first-order valence-corrected chi connectivity index (χ1v) is 8.68. The highest BCUT2D eigenvalue weighted by Crippen LogP contribution is 2.17. The van der Waals surface area contributed by atoms with E-state index in [0.717, 1.165) is 50.0 Å². The Hall–Kier alpha value is -2.08. The number of likely N-dealkylation sites (tertiary alicyclic amines) is 1. The normalized spacial score (nSPS) is 18.5. The van der Waals surface area contributed by atoms with Gasteiger partial charge in [0.2, 0.25) is 0 Å². The summed E-state index contributed by atoms with van der Waals surface area (Å²) in [5.41, 5.74) is 3.20. The van der Waals surface area contributed by atoms with Gasteiger partial charge in [0, 0.05) is 44.6 Å². The lowest BCUT2D eigenvalue weighted by molar-refractivity contribution is 0.114. The summed E-state index contributed by atoms with van der Waals surface area (Å²) in [6.07, 6.45) is 3.25. The second-order valence-electron chi connectivity index (χ2n) is 6.29. The first-order chi connectivity index (χ1) is 11.7. The molecule has 1 atom stereocenters. The Morgan fingerprint density at radius 3 is 3.08 bits per heavy atom. The number of aromatic nitrogens is 2. The minimum atomic E-state index is 0.598. The van der Waals surface area contributed by atoms with Crippen molar-refractivity contribution in [2.75, 3.05) is 33.4 Å². The van der Waals surface area contributed by atoms with Crippen molar-refractivity contribution in [3.05, 3.63) is 35.8 Å². The third kappa shape index (κ3) is 3.70. The van der Waals surface area contributed by atoms with E-state index in [2.05, 4.69) is 43.8 Å². The zero-order chi connectivity index (χ0) is 16.9. The second kappa shape index (κ2) is 7.66. The summed E-state index contributed by atoms with van der Waals surface area (Å²) in [6.45, 7) is 8.48. The van der Waals surface area contributed by atoms with Crippen molar-refractivity contribution in [2.45, 2.75) is 26.8 Å². The number of aryl methyl sites for hydroxylation is 1. The molecule has 24 heavy (non-hydrogen) atoms. The summed E-state index contributed by atoms with van der Waals surface area (Å²) in [4.78, 5) is 11.4. The largest absolute Gasteiger partial charge is 0.381 e. The van der Waals surface area contributed by atoms with E-state index in [-0.39, 0.29) is 0 Å². The molecule has 3 heterocycles. The van der Waals surface area contributed by atoms with Gasteiger partial charge in [-0.15, -0.1) is 0 Å². The van der Waals surface area contributed by atoms with Crippen molar-refractivity contribution in [1.29, 1.82) is 0 Å². The van der Waals surface area contributed by atoms with E-state index in [1.165, 1.54) is 5.69 Å². The number of nitrogens with zero attached hydrogens (tertiary/aromatic N) is 4. The second-order valence-corrected chi connectivity index (χ2v) is 6.29. The molecule has 1 fully saturated rings. The van der Waals surface area contributed by atoms with Crippen molar-refractivity contribution in [3.8, 4) is 0 Å². The fourth-order valence-electron chi connectivity index (χ4n) is 3.23. The molecular weight excluding hydrogens is 302 g/mol. The number of rotatable bonds is 5. The monoisotopic (exact) mass is 329 g/mol. The summed E-state index contributed by atoms with van der Waals surface area (Å²) in [7, 11) is 1.84. The summed E-state index contributed by atoms with van der Waals surface area (Å²) in [5.74, 6) is 1.55. The van der Waals surface area contributed by atoms with Crippen LogP contribution in [0.15, 0.2) is 29.4 Å². The molecule has 1 saturated heterocycles. The smallest absolute Gasteiger partial charge is 0.193 e. The Bertz CT molecular complexity index is 708. The van der Waals surface area contributed by atoms with Crippen LogP contribution >= 0.6 is 0 Å². The van der Waals surface area contributed by atoms with Crippen LogP contribution in [-0.2, 0) is 11.3 Å². The number of imidazole rings is 1. The first-order valence-electron chi connectivity index (χ1n) is 8.68. The predicted octanol–water partition coefficient (Wildman–Crippen LogP) is 2.08. The standard InChI is InChI=1S/C18H27N5O/c1-4-24-13-15-8-9-22(11-15)18(19-3)20-10-16-12-23-14(2)6-5-7-17(23)21-16/h5-7,12,15H,4,8-11,13H2,1-3H3,(H,19,20). The maximum Gasteiger partial charge on any atom is 0.193 e. The molecule has 6 nitrogen and oxygen atoms in total. The van der Waals surface area contributed by atoms with Crippen molar-refractivity contribution in [3.63, 3.8) is 0 Å². The van der Waals surface area contributed by atoms with Gasteiger partial charge in [-0.25, -0.2) is 4.98 Å². The third-order valence-corrected chi connectivity index (χ3v) is 4.53. The maximum absolute atomic E-state index is 5.55. The quantitative estimate of drug-likeness (QED) is 0.674. The fourth-order valence-corrected chi connectivity index (χ4v) is 3.23. The third-order valence-electron chi connectivity index (χ3n) is 4.53. The average molecular weight is 329 g/mol. The van der Waals surface area contributed by atoms with Crippen molar-refractivity contribution in [1.82, 2.24) is 19.6 Å². The molecule has 0 saturated carbocycles. The van der Waals surface area contributed by atoms with Gasteiger partial charge in [0.05, 0.1) is 18.8 Å². The van der Waals surface area contributed by atoms with E-state index >= 15 is 0 Å². The molecule has 1 aliphatic rings. The zero-order valence-corrected chi connectivity index (χ0v) is 14.8. The summed E-state index contributed by atoms with van der Waals surface area (Å²) in [6, 6.07) is 6.16. The van der Waals surface area contributed by atoms with Gasteiger partial charge in [0.1, 0.15) is 5.65 Å². The number of aliphatic imine (C=N–C) groups is 1. The Labute approximate surface area is 143 Å². The van der Waals surface area contributed by atoms with Crippen molar-refractivity contribution < 1.29 is 4.74 Å². The van der Waals surface area contributed by atoms with Crippen LogP contribution in [0, 0.1) is 12.8 Å². The Morgan fingerprint density at radius 2 is 2.33 bits per heavy atom. The van der Waals surface area contributed by atoms with Crippen LogP contribution in [0.1, 0.15) is 24.7 Å². The van der Waals surface area contributed by atoms with Gasteiger partial charge in [0.15, 0.2) is 5.96 Å². The molecular formula is C18H27N5O. The van der Waals surface area contributed by atoms with Gasteiger partial charge in [-0.2, -0.15) is 0 Å². The van der Waals surface area contributed by atoms with Crippen LogP contribution < -0.4 is 5.32 Å². The lowest BCUT2D eigenvalue weighted by atomic mass is 10.1. The van der Waals surface area contributed by atoms with Gasteiger partial charge in [-0.05, 0) is 32.4 Å². The highest BCUT2D eigenvalue weighted by molar-refractivity contribution is 5.80. The van der Waals surface area contributed by atoms with Crippen LogP contribution in [-0.4, -0.2) is 53.6 Å². The minimum Gasteiger partial charge on any atom is -0.381 e. The number of pyridine rings is 1. The molecule has 2 aromatic heterocycles. The molecule has 0 aliphatic carbocycles. The molecule has 1 N–H and O–H groups in total. The van der Waals surface area contributed by atoms with Crippen LogP contribution in [0.5, 0.6) is 0 Å². The van der Waals surface area contributed by atoms with Crippen LogP contribution in [0.3, 0.4) is 0 Å². The topological polar surface area (TPSA) is 54.2 Å². The Morgan fingerprint density at radius 1 is 1.46 bits per heavy atom. The number of guanidine groups is 1. The van der Waals surface area contributed by atoms with Gasteiger partial charge < -0.3 is 19.4 Å². The van der Waals surface area contributed by atoms with Crippen molar-refractivity contribution in [2.24, 2.45) is 10.9 Å². The van der Waals surface area contributed by atoms with Gasteiger partial charge >= 0.3 is 0 Å². The van der Waals surface area contributed by atoms with Gasteiger partial charge in [0.25, 0.3) is 0 Å². The number of fused-ring (bicyclic) bond motifs is 1. The van der Waals surface area contributed by atoms with E-state index in [9.17, 15) is 0 Å². The number of ether oxygens (including phenoxy) is 1. The molecule has 0 radical (unpaired) electrons. The zero-order valence-electron chi connectivity index (χ0n) is 14.8. The Kier molecular flexibility index (Phi) is 5.35. The summed E-state index contributed by atoms with van der Waals surface area (Å²) >= 11 is 0. The number of nitrogens with one attached hydrogen (secondary N) is 1. The van der Waals surface area contributed by atoms with E-state index in [1.54, 1.807) is 0 Å². The molecule has 0 amide bonds. The average Bonchev–Trinajstić information content (AvgIpc) is 3.21. The highest BCUT2D eigenvalue weighted by atomic mass is 16.5.